The number of phosphoric acid groups is 2. The predicted octanol–water partition coefficient (Wildman–Crippen LogP) is -0.798. The van der Waals surface area contributed by atoms with Gasteiger partial charge in [0.15, 0.2) is 30.0 Å². The summed E-state index contributed by atoms with van der Waals surface area (Å²) in [5.74, 6) is -4.64. The molecule has 0 saturated carbocycles. The third-order valence-corrected chi connectivity index (χ3v) is 12.2. The fraction of sp³-hybridized carbons (Fsp3) is 0.618. The molecule has 9 N–H and O–H groups in total. The highest BCUT2D eigenvalue weighted by Gasteiger charge is 2.52. The summed E-state index contributed by atoms with van der Waals surface area (Å²) in [6.07, 6.45) is -10.00. The third-order valence-electron chi connectivity index (χ3n) is 10.7. The molecule has 0 aliphatic carbocycles. The normalized spacial score (nSPS) is 27.6. The van der Waals surface area contributed by atoms with Gasteiger partial charge in [0.1, 0.15) is 54.2 Å². The van der Waals surface area contributed by atoms with Crippen molar-refractivity contribution in [3.63, 3.8) is 0 Å². The molecule has 30 heteroatoms. The first-order valence-electron chi connectivity index (χ1n) is 19.6. The number of likely N-dealkylation sites (tertiary alicyclic amines) is 1. The zero-order chi connectivity index (χ0) is 46.7. The molecule has 3 aliphatic heterocycles. The van der Waals surface area contributed by atoms with Crippen LogP contribution in [-0.2, 0) is 46.5 Å². The monoisotopic (exact) mass is 952 g/mol. The molecule has 5 unspecified atom stereocenters. The molecular weight excluding hydrogens is 904 g/mol. The second-order valence-electron chi connectivity index (χ2n) is 15.1. The van der Waals surface area contributed by atoms with Gasteiger partial charge < -0.3 is 60.4 Å². The molecule has 0 spiro atoms. The highest BCUT2D eigenvalue weighted by atomic mass is 31.2. The van der Waals surface area contributed by atoms with E-state index in [4.69, 9.17) is 34.7 Å². The zero-order valence-electron chi connectivity index (χ0n) is 34.0. The van der Waals surface area contributed by atoms with Crippen LogP contribution in [0, 0.1) is 0 Å². The van der Waals surface area contributed by atoms with Crippen molar-refractivity contribution in [3.05, 3.63) is 48.1 Å². The number of hydrogen-bond acceptors (Lipinski definition) is 20. The molecular formula is C34H48F2N10O16P2. The average molecular weight is 953 g/mol. The molecule has 0 aromatic carbocycles. The lowest BCUT2D eigenvalue weighted by Crippen LogP contribution is -2.49. The molecule has 0 bridgehead atoms. The van der Waals surface area contributed by atoms with Gasteiger partial charge in [-0.25, -0.2) is 42.5 Å². The minimum atomic E-state index is -5.46. The number of nitrogens with two attached hydrogens (primary N) is 2. The largest absolute Gasteiger partial charge is 0.472 e. The maximum Gasteiger partial charge on any atom is 0.472 e. The lowest BCUT2D eigenvalue weighted by atomic mass is 10.1. The van der Waals surface area contributed by atoms with Crippen LogP contribution in [0.1, 0.15) is 44.6 Å². The zero-order valence-corrected chi connectivity index (χ0v) is 35.8. The number of hydrogen-bond donors (Lipinski definition) is 7. The quantitative estimate of drug-likeness (QED) is 0.0439. The SMILES string of the molecule is C=CCCC(=O)N(C)[C@@H](CCN1CCC(F)(F)CC1)C(=O)O[C@@H]1C(COP(=O)(O)O[C@@H]2C(COP(=O)(O)O)OC(n3ccc(N)nc3=O)[C@@H]2O)OC(n2cnc3c(N)ncnc32)[C@@H]1O. The molecule has 64 heavy (non-hydrogen) atoms. The number of carbonyl (C=O) groups is 2. The summed E-state index contributed by atoms with van der Waals surface area (Å²) in [4.78, 5) is 88.1. The Morgan fingerprint density at radius 2 is 1.67 bits per heavy atom. The predicted molar refractivity (Wildman–Crippen MR) is 212 cm³/mol. The number of imidazole rings is 1. The van der Waals surface area contributed by atoms with E-state index in [1.54, 1.807) is 4.90 Å². The lowest BCUT2D eigenvalue weighted by Gasteiger charge is -2.34. The number of aliphatic hydroxyl groups is 2. The number of carbonyl (C=O) groups excluding carboxylic acids is 2. The van der Waals surface area contributed by atoms with Gasteiger partial charge in [0.2, 0.25) is 5.91 Å². The van der Waals surface area contributed by atoms with Crippen molar-refractivity contribution in [2.45, 2.75) is 93.1 Å². The standard InChI is InChI=1S/C34H48F2N10O16P2/c1-3-4-5-22(47)43(2)18(6-10-44-12-8-34(35,36)9-13-44)32(50)61-26-19(59-31(24(26)48)46-17-41-23-28(38)39-16-40-29(23)46)15-58-64(55,56)62-27-20(14-57-63(52,53)54)60-30(25(27)49)45-11-7-21(37)42-33(45)51/h3,7,11,16-20,24-27,30-31,48-49H,1,4-6,8-10,12-15H2,2H3,(H,55,56)(H2,37,42,51)(H2,38,39,40)(H2,52,53,54)/t18-,19?,20?,24+,25+,26+,27+,30?,31?/m0/s1. The molecule has 6 heterocycles. The van der Waals surface area contributed by atoms with E-state index in [0.717, 1.165) is 28.1 Å². The number of anilines is 2. The summed E-state index contributed by atoms with van der Waals surface area (Å²) in [5.41, 5.74) is 10.6. The van der Waals surface area contributed by atoms with Crippen molar-refractivity contribution in [2.24, 2.45) is 0 Å². The van der Waals surface area contributed by atoms with Crippen LogP contribution in [0.15, 0.2) is 42.4 Å². The number of likely N-dealkylation sites (N-methyl/N-ethyl adjacent to an activating group) is 1. The highest BCUT2D eigenvalue weighted by molar-refractivity contribution is 7.47. The van der Waals surface area contributed by atoms with Gasteiger partial charge in [0.25, 0.3) is 5.92 Å². The number of piperidine rings is 1. The molecule has 3 aromatic rings. The number of nitrogens with zero attached hydrogens (tertiary/aromatic N) is 8. The Hall–Kier alpha value is -4.41. The molecule has 1 amide bonds. The van der Waals surface area contributed by atoms with Crippen LogP contribution in [0.5, 0.6) is 0 Å². The van der Waals surface area contributed by atoms with Gasteiger partial charge in [-0.05, 0) is 18.9 Å². The van der Waals surface area contributed by atoms with Gasteiger partial charge in [-0.3, -0.25) is 27.5 Å². The van der Waals surface area contributed by atoms with Crippen molar-refractivity contribution in [1.29, 1.82) is 0 Å². The molecule has 354 valence electrons. The van der Waals surface area contributed by atoms with E-state index in [-0.39, 0.29) is 61.7 Å². The summed E-state index contributed by atoms with van der Waals surface area (Å²) in [7, 11) is -9.31. The van der Waals surface area contributed by atoms with Crippen LogP contribution in [0.3, 0.4) is 0 Å². The Labute approximate surface area is 361 Å². The second-order valence-corrected chi connectivity index (χ2v) is 17.7. The molecule has 26 nitrogen and oxygen atoms in total. The summed E-state index contributed by atoms with van der Waals surface area (Å²) in [5, 5.41) is 22.9. The van der Waals surface area contributed by atoms with Crippen molar-refractivity contribution in [3.8, 4) is 0 Å². The van der Waals surface area contributed by atoms with Gasteiger partial charge in [0.05, 0.1) is 19.5 Å². The van der Waals surface area contributed by atoms with E-state index < -0.39 is 120 Å². The molecule has 10 atom stereocenters. The second kappa shape index (κ2) is 20.0. The van der Waals surface area contributed by atoms with Crippen LogP contribution in [0.4, 0.5) is 20.4 Å². The van der Waals surface area contributed by atoms with Crippen LogP contribution in [-0.4, -0.2) is 164 Å². The van der Waals surface area contributed by atoms with Gasteiger partial charge in [-0.15, -0.1) is 6.58 Å². The molecule has 3 fully saturated rings. The Bertz CT molecular complexity index is 2310. The van der Waals surface area contributed by atoms with Crippen LogP contribution >= 0.6 is 15.6 Å². The van der Waals surface area contributed by atoms with Crippen LogP contribution in [0.2, 0.25) is 0 Å². The maximum absolute atomic E-state index is 14.1. The van der Waals surface area contributed by atoms with E-state index >= 15 is 0 Å². The minimum Gasteiger partial charge on any atom is -0.455 e. The van der Waals surface area contributed by atoms with Crippen LogP contribution in [0.25, 0.3) is 11.2 Å². The number of rotatable bonds is 19. The molecule has 6 rings (SSSR count). The van der Waals surface area contributed by atoms with Gasteiger partial charge >= 0.3 is 27.3 Å². The number of nitrogen functional groups attached to an aromatic ring is 2. The van der Waals surface area contributed by atoms with Crippen molar-refractivity contribution in [1.82, 2.24) is 38.9 Å². The number of ether oxygens (including phenoxy) is 3. The first-order chi connectivity index (χ1) is 30.1. The highest BCUT2D eigenvalue weighted by Crippen LogP contribution is 2.50. The van der Waals surface area contributed by atoms with E-state index in [1.165, 1.54) is 24.0 Å². The smallest absolute Gasteiger partial charge is 0.455 e. The van der Waals surface area contributed by atoms with Crippen molar-refractivity contribution < 1.29 is 80.2 Å². The molecule has 3 aliphatic rings. The summed E-state index contributed by atoms with van der Waals surface area (Å²) in [6.45, 7) is 1.70. The molecule has 3 saturated heterocycles. The fourth-order valence-corrected chi connectivity index (χ4v) is 8.61. The number of esters is 1. The number of allylic oxidation sites excluding steroid dienone is 1. The van der Waals surface area contributed by atoms with Crippen LogP contribution < -0.4 is 17.2 Å². The number of halogens is 2. The topological polar surface area (TPSA) is 362 Å². The number of fused-ring (bicyclic) bond motifs is 1. The van der Waals surface area contributed by atoms with E-state index in [2.05, 4.69) is 31.0 Å². The van der Waals surface area contributed by atoms with Gasteiger partial charge in [-0.2, -0.15) is 4.98 Å². The number of aliphatic hydroxyl groups excluding tert-OH is 2. The lowest BCUT2D eigenvalue weighted by molar-refractivity contribution is -0.165. The number of amides is 1. The molecule has 0 radical (unpaired) electrons. The summed E-state index contributed by atoms with van der Waals surface area (Å²) >= 11 is 0. The number of aromatic nitrogens is 6. The average Bonchev–Trinajstić information content (AvgIpc) is 3.88. The first kappa shape index (κ1) is 49.0. The minimum absolute atomic E-state index is 0.0224. The fourth-order valence-electron chi connectivity index (χ4n) is 7.31. The van der Waals surface area contributed by atoms with Gasteiger partial charge in [-0.1, -0.05) is 6.08 Å². The Balaban J connectivity index is 1.25. The first-order valence-corrected chi connectivity index (χ1v) is 22.6. The molecule has 3 aromatic heterocycles. The summed E-state index contributed by atoms with van der Waals surface area (Å²) < 4.78 is 87.4. The van der Waals surface area contributed by atoms with Crippen molar-refractivity contribution in [2.75, 3.05) is 51.4 Å². The van der Waals surface area contributed by atoms with E-state index in [9.17, 15) is 57.2 Å². The Morgan fingerprint density at radius 3 is 2.33 bits per heavy atom. The Morgan fingerprint density at radius 1 is 1.03 bits per heavy atom. The van der Waals surface area contributed by atoms with Crippen molar-refractivity contribution >= 4 is 50.3 Å². The van der Waals surface area contributed by atoms with E-state index in [0.29, 0.717) is 0 Å². The summed E-state index contributed by atoms with van der Waals surface area (Å²) in [6, 6.07) is -0.179. The third kappa shape index (κ3) is 11.7. The Kier molecular flexibility index (Phi) is 15.3. The maximum atomic E-state index is 14.1. The number of alkyl halides is 2. The van der Waals surface area contributed by atoms with Gasteiger partial charge in [0, 0.05) is 52.1 Å². The van der Waals surface area contributed by atoms with E-state index in [1.807, 2.05) is 0 Å². The number of phosphoric ester groups is 2.